The number of benzene rings is 1. The first-order chi connectivity index (χ1) is 8.75. The summed E-state index contributed by atoms with van der Waals surface area (Å²) in [4.78, 5) is 0. The van der Waals surface area contributed by atoms with E-state index in [1.54, 1.807) is 0 Å². The van der Waals surface area contributed by atoms with Crippen LogP contribution in [0.5, 0.6) is 0 Å². The van der Waals surface area contributed by atoms with Crippen LogP contribution in [0.15, 0.2) is 65.9 Å². The maximum Gasteiger partial charge on any atom is 0 e. The highest BCUT2D eigenvalue weighted by atomic mass is 14.5. The summed E-state index contributed by atoms with van der Waals surface area (Å²) in [7, 11) is 0. The predicted molar refractivity (Wildman–Crippen MR) is 79.5 cm³/mol. The standard InChI is InChI=1S/C18H18.2H2/c1-4-5-6-10-13-17-14(2)18(15(17)3)16-11-8-7-9-12-16;;/h7-9,11-15,17-18H,1H2,2-3H3;2*1H. The van der Waals surface area contributed by atoms with Crippen molar-refractivity contribution in [3.05, 3.63) is 71.5 Å². The monoisotopic (exact) mass is 238 g/mol. The van der Waals surface area contributed by atoms with Crippen LogP contribution in [0.3, 0.4) is 0 Å². The maximum atomic E-state index is 3.44. The van der Waals surface area contributed by atoms with Crippen LogP contribution < -0.4 is 0 Å². The number of rotatable bonds is 2. The number of hydrogen-bond donors (Lipinski definition) is 0. The fourth-order valence-corrected chi connectivity index (χ4v) is 3.10. The van der Waals surface area contributed by atoms with Gasteiger partial charge >= 0.3 is 0 Å². The fraction of sp³-hybridized carbons (Fsp3) is 0.333. The van der Waals surface area contributed by atoms with E-state index in [-0.39, 0.29) is 2.85 Å². The van der Waals surface area contributed by atoms with Gasteiger partial charge in [-0.15, -0.1) is 0 Å². The second-order valence-electron chi connectivity index (χ2n) is 4.97. The lowest BCUT2D eigenvalue weighted by Crippen LogP contribution is -2.40. The molecule has 0 aromatic heterocycles. The summed E-state index contributed by atoms with van der Waals surface area (Å²) < 4.78 is 0. The molecule has 94 valence electrons. The molecule has 1 aromatic rings. The molecule has 0 heterocycles. The smallest absolute Gasteiger partial charge is 0 e. The fourth-order valence-electron chi connectivity index (χ4n) is 3.10. The van der Waals surface area contributed by atoms with Crippen molar-refractivity contribution in [2.45, 2.75) is 19.8 Å². The molecule has 0 radical (unpaired) electrons. The zero-order chi connectivity index (χ0) is 13.0. The molecule has 1 aliphatic rings. The van der Waals surface area contributed by atoms with Gasteiger partial charge in [-0.25, -0.2) is 0 Å². The Hall–Kier alpha value is -1.92. The van der Waals surface area contributed by atoms with Crippen LogP contribution in [0.1, 0.15) is 28.2 Å². The van der Waals surface area contributed by atoms with E-state index >= 15 is 0 Å². The zero-order valence-electron chi connectivity index (χ0n) is 11.0. The van der Waals surface area contributed by atoms with Crippen LogP contribution in [-0.2, 0) is 0 Å². The van der Waals surface area contributed by atoms with Crippen molar-refractivity contribution in [2.75, 3.05) is 0 Å². The van der Waals surface area contributed by atoms with Gasteiger partial charge in [0.2, 0.25) is 0 Å². The average Bonchev–Trinajstić information content (AvgIpc) is 2.40. The predicted octanol–water partition coefficient (Wildman–Crippen LogP) is 4.97. The van der Waals surface area contributed by atoms with Gasteiger partial charge in [0.1, 0.15) is 0 Å². The van der Waals surface area contributed by atoms with E-state index in [2.05, 4.69) is 79.8 Å². The molecule has 1 fully saturated rings. The lowest BCUT2D eigenvalue weighted by atomic mass is 9.56. The summed E-state index contributed by atoms with van der Waals surface area (Å²) in [6.07, 6.45) is 2.11. The second kappa shape index (κ2) is 5.61. The Balaban J connectivity index is 0.00000180. The van der Waals surface area contributed by atoms with Gasteiger partial charge in [0.05, 0.1) is 0 Å². The molecule has 0 N–H and O–H groups in total. The van der Waals surface area contributed by atoms with Gasteiger partial charge in [0, 0.05) is 2.85 Å². The lowest BCUT2D eigenvalue weighted by molar-refractivity contribution is 0.100. The summed E-state index contributed by atoms with van der Waals surface area (Å²) >= 11 is 0. The first-order valence-corrected chi connectivity index (χ1v) is 6.41. The first kappa shape index (κ1) is 12.5. The van der Waals surface area contributed by atoms with Crippen LogP contribution in [0, 0.1) is 17.8 Å². The molecular formula is C18H22. The molecule has 2 rings (SSSR count). The highest BCUT2D eigenvalue weighted by molar-refractivity contribution is 5.26. The Morgan fingerprint density at radius 1 is 1.11 bits per heavy atom. The molecule has 0 nitrogen and oxygen atoms in total. The molecule has 1 saturated carbocycles. The molecule has 0 aliphatic heterocycles. The Kier molecular flexibility index (Phi) is 3.91. The highest BCUT2D eigenvalue weighted by Gasteiger charge is 2.43. The summed E-state index contributed by atoms with van der Waals surface area (Å²) in [5.41, 5.74) is 12.5. The van der Waals surface area contributed by atoms with E-state index in [0.29, 0.717) is 23.7 Å². The zero-order valence-corrected chi connectivity index (χ0v) is 11.0. The van der Waals surface area contributed by atoms with Gasteiger partial charge in [-0.2, -0.15) is 0 Å². The van der Waals surface area contributed by atoms with Crippen molar-refractivity contribution in [1.82, 2.24) is 0 Å². The van der Waals surface area contributed by atoms with Gasteiger partial charge in [0.15, 0.2) is 0 Å². The molecule has 0 spiro atoms. The molecule has 1 aromatic carbocycles. The SMILES string of the molecule is C=C=C=C=C=CC1C(C)C(c2ccccc2)C1C.[HH].[HH]. The van der Waals surface area contributed by atoms with Gasteiger partial charge in [0.25, 0.3) is 0 Å². The normalized spacial score (nSPS) is 29.0. The lowest BCUT2D eigenvalue weighted by Gasteiger charge is -2.48. The van der Waals surface area contributed by atoms with Gasteiger partial charge in [-0.3, -0.25) is 0 Å². The minimum Gasteiger partial charge on any atom is -0.0687 e. The molecule has 1 aliphatic carbocycles. The Bertz CT molecular complexity index is 555. The molecule has 0 bridgehead atoms. The summed E-state index contributed by atoms with van der Waals surface area (Å²) in [6.45, 7) is 8.07. The second-order valence-corrected chi connectivity index (χ2v) is 4.97. The van der Waals surface area contributed by atoms with Crippen molar-refractivity contribution < 1.29 is 2.85 Å². The van der Waals surface area contributed by atoms with Crippen molar-refractivity contribution in [1.29, 1.82) is 0 Å². The largest absolute Gasteiger partial charge is 0.0687 e. The number of allylic oxidation sites excluding steroid dienone is 1. The molecule has 2 atom stereocenters. The topological polar surface area (TPSA) is 0 Å². The van der Waals surface area contributed by atoms with E-state index in [9.17, 15) is 0 Å². The molecular weight excluding hydrogens is 216 g/mol. The van der Waals surface area contributed by atoms with E-state index in [4.69, 9.17) is 0 Å². The Morgan fingerprint density at radius 3 is 2.39 bits per heavy atom. The van der Waals surface area contributed by atoms with Gasteiger partial charge in [-0.1, -0.05) is 55.6 Å². The van der Waals surface area contributed by atoms with Crippen LogP contribution in [0.2, 0.25) is 0 Å². The van der Waals surface area contributed by atoms with Crippen molar-refractivity contribution in [3.8, 4) is 0 Å². The quantitative estimate of drug-likeness (QED) is 0.638. The van der Waals surface area contributed by atoms with E-state index in [0.717, 1.165) is 0 Å². The molecule has 0 heteroatoms. The minimum atomic E-state index is 0. The maximum absolute atomic E-state index is 3.44. The molecule has 0 amide bonds. The molecule has 18 heavy (non-hydrogen) atoms. The Morgan fingerprint density at radius 2 is 1.78 bits per heavy atom. The van der Waals surface area contributed by atoms with Crippen LogP contribution in [0.25, 0.3) is 0 Å². The summed E-state index contributed by atoms with van der Waals surface area (Å²) in [5, 5.41) is 0. The number of hydrogen-bond acceptors (Lipinski definition) is 0. The molecule has 0 saturated heterocycles. The van der Waals surface area contributed by atoms with E-state index < -0.39 is 0 Å². The Labute approximate surface area is 112 Å². The third-order valence-electron chi connectivity index (χ3n) is 4.03. The third kappa shape index (κ3) is 2.34. The minimum absolute atomic E-state index is 0. The van der Waals surface area contributed by atoms with Gasteiger partial charge in [-0.05, 0) is 53.4 Å². The first-order valence-electron chi connectivity index (χ1n) is 6.41. The van der Waals surface area contributed by atoms with Crippen LogP contribution >= 0.6 is 0 Å². The van der Waals surface area contributed by atoms with Crippen LogP contribution in [-0.4, -0.2) is 0 Å². The summed E-state index contributed by atoms with van der Waals surface area (Å²) in [6, 6.07) is 10.8. The van der Waals surface area contributed by atoms with Crippen molar-refractivity contribution in [3.63, 3.8) is 0 Å². The van der Waals surface area contributed by atoms with E-state index in [1.807, 2.05) is 0 Å². The highest BCUT2D eigenvalue weighted by Crippen LogP contribution is 2.52. The van der Waals surface area contributed by atoms with Crippen LogP contribution in [0.4, 0.5) is 0 Å². The van der Waals surface area contributed by atoms with Gasteiger partial charge < -0.3 is 0 Å². The van der Waals surface area contributed by atoms with Crippen molar-refractivity contribution in [2.24, 2.45) is 17.8 Å². The third-order valence-corrected chi connectivity index (χ3v) is 4.03. The summed E-state index contributed by atoms with van der Waals surface area (Å²) in [5.74, 6) is 2.55. The molecule has 2 unspecified atom stereocenters. The average molecular weight is 238 g/mol. The van der Waals surface area contributed by atoms with E-state index in [1.165, 1.54) is 5.56 Å². The van der Waals surface area contributed by atoms with Crippen molar-refractivity contribution >= 4 is 0 Å².